The SMILES string of the molecule is CC1=CC(=O)[C@@]2(C)[C@@H](c3cc(C)c(O)c(C)c3)C3=CCn4c(=O)n(-c5ccccc5)c(=O)n4[C@@H]3C[C@H]2C1=O. The third-order valence-electron chi connectivity index (χ3n) is 8.80. The highest BCUT2D eigenvalue weighted by Gasteiger charge is 2.59. The van der Waals surface area contributed by atoms with Gasteiger partial charge in [-0.2, -0.15) is 0 Å². The van der Waals surface area contributed by atoms with E-state index in [4.69, 9.17) is 0 Å². The molecule has 3 aliphatic rings. The van der Waals surface area contributed by atoms with E-state index in [1.165, 1.54) is 15.4 Å². The zero-order chi connectivity index (χ0) is 27.1. The van der Waals surface area contributed by atoms with Gasteiger partial charge in [0.1, 0.15) is 5.75 Å². The van der Waals surface area contributed by atoms with Gasteiger partial charge in [-0.05, 0) is 73.2 Å². The van der Waals surface area contributed by atoms with Crippen molar-refractivity contribution in [3.63, 3.8) is 0 Å². The molecular formula is C30H29N3O5. The number of hydrogen-bond acceptors (Lipinski definition) is 5. The zero-order valence-electron chi connectivity index (χ0n) is 21.8. The number of para-hydroxylation sites is 1. The van der Waals surface area contributed by atoms with Gasteiger partial charge in [0.2, 0.25) is 0 Å². The van der Waals surface area contributed by atoms with E-state index in [9.17, 15) is 24.3 Å². The summed E-state index contributed by atoms with van der Waals surface area (Å²) in [6.45, 7) is 7.29. The average Bonchev–Trinajstić information content (AvgIpc) is 3.15. The minimum absolute atomic E-state index is 0.113. The molecule has 3 aromatic rings. The van der Waals surface area contributed by atoms with Crippen LogP contribution in [-0.2, 0) is 16.1 Å². The number of phenolic OH excluding ortho intramolecular Hbond substituents is 1. The van der Waals surface area contributed by atoms with Crippen LogP contribution in [0.4, 0.5) is 0 Å². The van der Waals surface area contributed by atoms with Crippen molar-refractivity contribution in [1.82, 2.24) is 13.9 Å². The molecule has 1 N–H and O–H groups in total. The van der Waals surface area contributed by atoms with Gasteiger partial charge in [0.25, 0.3) is 0 Å². The molecule has 2 aromatic carbocycles. The molecule has 0 bridgehead atoms. The predicted molar refractivity (Wildman–Crippen MR) is 142 cm³/mol. The van der Waals surface area contributed by atoms with Crippen molar-refractivity contribution in [3.05, 3.63) is 103 Å². The number of benzene rings is 2. The maximum atomic E-state index is 13.8. The lowest BCUT2D eigenvalue weighted by atomic mass is 9.51. The molecule has 4 atom stereocenters. The maximum Gasteiger partial charge on any atom is 0.352 e. The van der Waals surface area contributed by atoms with Crippen LogP contribution in [0.2, 0.25) is 0 Å². The van der Waals surface area contributed by atoms with E-state index in [0.29, 0.717) is 22.4 Å². The fourth-order valence-electron chi connectivity index (χ4n) is 6.88. The number of phenols is 1. The van der Waals surface area contributed by atoms with Crippen molar-refractivity contribution < 1.29 is 14.7 Å². The summed E-state index contributed by atoms with van der Waals surface area (Å²) in [6.07, 6.45) is 3.62. The van der Waals surface area contributed by atoms with Gasteiger partial charge in [-0.1, -0.05) is 43.3 Å². The largest absolute Gasteiger partial charge is 0.507 e. The summed E-state index contributed by atoms with van der Waals surface area (Å²) in [4.78, 5) is 54.6. The lowest BCUT2D eigenvalue weighted by molar-refractivity contribution is -0.139. The third-order valence-corrected chi connectivity index (χ3v) is 8.80. The van der Waals surface area contributed by atoms with Crippen molar-refractivity contribution in [2.24, 2.45) is 11.3 Å². The molecule has 0 unspecified atom stereocenters. The van der Waals surface area contributed by atoms with E-state index in [-0.39, 0.29) is 30.3 Å². The molecule has 2 heterocycles. The summed E-state index contributed by atoms with van der Waals surface area (Å²) in [5, 5.41) is 10.5. The first-order valence-corrected chi connectivity index (χ1v) is 12.8. The summed E-state index contributed by atoms with van der Waals surface area (Å²) < 4.78 is 4.06. The number of aromatic nitrogens is 3. The third kappa shape index (κ3) is 3.09. The Bertz CT molecular complexity index is 1700. The fourth-order valence-corrected chi connectivity index (χ4v) is 6.88. The molecule has 0 radical (unpaired) electrons. The first-order valence-electron chi connectivity index (χ1n) is 12.8. The summed E-state index contributed by atoms with van der Waals surface area (Å²) in [5.74, 6) is -1.23. The lowest BCUT2D eigenvalue weighted by Crippen LogP contribution is -2.54. The average molecular weight is 512 g/mol. The molecule has 2 aliphatic carbocycles. The number of carbonyl (C=O) groups is 2. The lowest BCUT2D eigenvalue weighted by Gasteiger charge is -2.52. The Morgan fingerprint density at radius 1 is 0.947 bits per heavy atom. The highest BCUT2D eigenvalue weighted by molar-refractivity contribution is 6.13. The van der Waals surface area contributed by atoms with Gasteiger partial charge in [0, 0.05) is 11.8 Å². The normalized spacial score (nSPS) is 26.3. The Labute approximate surface area is 219 Å². The minimum Gasteiger partial charge on any atom is -0.507 e. The molecule has 1 aromatic heterocycles. The number of carbonyl (C=O) groups excluding carboxylic acids is 2. The van der Waals surface area contributed by atoms with Crippen LogP contribution in [0.15, 0.2) is 75.4 Å². The number of hydrogen-bond donors (Lipinski definition) is 1. The number of aryl methyl sites for hydroxylation is 2. The standard InChI is InChI=1S/C30H29N3O5/c1-16-12-19(13-17(2)26(16)35)25-21-10-11-31-28(37)32(20-8-6-5-7-9-20)29(38)33(31)23(21)15-22-27(36)18(3)14-24(34)30(22,25)4/h5-10,12-14,22-23,25,35H,11,15H2,1-4H3/t22-,23+,25-,30-/m0/s1. The Morgan fingerprint density at radius 3 is 2.26 bits per heavy atom. The number of fused-ring (bicyclic) bond motifs is 4. The van der Waals surface area contributed by atoms with Crippen molar-refractivity contribution in [2.45, 2.75) is 52.6 Å². The summed E-state index contributed by atoms with van der Waals surface area (Å²) in [7, 11) is 0. The smallest absolute Gasteiger partial charge is 0.352 e. The second-order valence-electron chi connectivity index (χ2n) is 10.9. The van der Waals surface area contributed by atoms with Crippen molar-refractivity contribution >= 4 is 11.6 Å². The van der Waals surface area contributed by atoms with Crippen LogP contribution >= 0.6 is 0 Å². The summed E-state index contributed by atoms with van der Waals surface area (Å²) in [6, 6.07) is 11.9. The number of aromatic hydroxyl groups is 1. The van der Waals surface area contributed by atoms with Gasteiger partial charge in [-0.15, -0.1) is 0 Å². The van der Waals surface area contributed by atoms with Crippen molar-refractivity contribution in [2.75, 3.05) is 0 Å². The van der Waals surface area contributed by atoms with Crippen LogP contribution < -0.4 is 11.4 Å². The first kappa shape index (κ1) is 24.2. The number of rotatable bonds is 2. The van der Waals surface area contributed by atoms with E-state index < -0.39 is 34.7 Å². The van der Waals surface area contributed by atoms with Crippen LogP contribution in [0.3, 0.4) is 0 Å². The number of nitrogens with zero attached hydrogens (tertiary/aromatic N) is 3. The molecule has 6 rings (SSSR count). The van der Waals surface area contributed by atoms with Gasteiger partial charge in [0.15, 0.2) is 11.6 Å². The van der Waals surface area contributed by atoms with E-state index in [1.807, 2.05) is 31.2 Å². The molecule has 0 saturated heterocycles. The number of Topliss-reactive ketones (excluding diaryl/α,β-unsaturated/α-hetero) is 1. The molecule has 38 heavy (non-hydrogen) atoms. The second kappa shape index (κ2) is 8.15. The molecule has 1 fully saturated rings. The number of allylic oxidation sites excluding steroid dienone is 4. The van der Waals surface area contributed by atoms with Gasteiger partial charge >= 0.3 is 11.4 Å². The Balaban J connectivity index is 1.61. The van der Waals surface area contributed by atoms with E-state index in [1.54, 1.807) is 45.0 Å². The monoisotopic (exact) mass is 511 g/mol. The Kier molecular flexibility index (Phi) is 5.18. The quantitative estimate of drug-likeness (QED) is 0.531. The fraction of sp³-hybridized carbons (Fsp3) is 0.333. The zero-order valence-corrected chi connectivity index (χ0v) is 21.8. The van der Waals surface area contributed by atoms with Gasteiger partial charge in [-0.3, -0.25) is 9.59 Å². The highest BCUT2D eigenvalue weighted by Crippen LogP contribution is 2.59. The Hall–Kier alpha value is -4.20. The van der Waals surface area contributed by atoms with Crippen LogP contribution in [0.1, 0.15) is 48.9 Å². The van der Waals surface area contributed by atoms with Gasteiger partial charge in [-0.25, -0.2) is 23.5 Å². The summed E-state index contributed by atoms with van der Waals surface area (Å²) in [5.41, 5.74) is 1.89. The molecule has 194 valence electrons. The molecule has 8 nitrogen and oxygen atoms in total. The van der Waals surface area contributed by atoms with Crippen LogP contribution in [0, 0.1) is 25.2 Å². The van der Waals surface area contributed by atoms with Crippen molar-refractivity contribution in [1.29, 1.82) is 0 Å². The Morgan fingerprint density at radius 2 is 1.61 bits per heavy atom. The first-order chi connectivity index (χ1) is 18.1. The molecule has 0 spiro atoms. The molecular weight excluding hydrogens is 482 g/mol. The minimum atomic E-state index is -1.07. The maximum absolute atomic E-state index is 13.8. The summed E-state index contributed by atoms with van der Waals surface area (Å²) >= 11 is 0. The predicted octanol–water partition coefficient (Wildman–Crippen LogP) is 3.51. The van der Waals surface area contributed by atoms with E-state index >= 15 is 0 Å². The van der Waals surface area contributed by atoms with Crippen molar-refractivity contribution in [3.8, 4) is 11.4 Å². The second-order valence-corrected chi connectivity index (χ2v) is 10.9. The molecule has 0 amide bonds. The van der Waals surface area contributed by atoms with Crippen LogP contribution in [-0.4, -0.2) is 30.6 Å². The van der Waals surface area contributed by atoms with Gasteiger partial charge in [0.05, 0.1) is 23.7 Å². The number of ketones is 2. The molecule has 1 saturated carbocycles. The molecule has 8 heteroatoms. The van der Waals surface area contributed by atoms with Crippen LogP contribution in [0.25, 0.3) is 5.69 Å². The van der Waals surface area contributed by atoms with Crippen LogP contribution in [0.5, 0.6) is 5.75 Å². The topological polar surface area (TPSA) is 103 Å². The molecule has 1 aliphatic heterocycles. The highest BCUT2D eigenvalue weighted by atomic mass is 16.3. The van der Waals surface area contributed by atoms with Gasteiger partial charge < -0.3 is 5.11 Å². The van der Waals surface area contributed by atoms with E-state index in [0.717, 1.165) is 15.7 Å². The van der Waals surface area contributed by atoms with E-state index in [2.05, 4.69) is 0 Å².